The Labute approximate surface area is 348 Å². The number of rotatable bonds is 44. The van der Waals surface area contributed by atoms with Gasteiger partial charge in [0.1, 0.15) is 13.2 Å². The molecule has 0 heterocycles. The van der Waals surface area contributed by atoms with Crippen molar-refractivity contribution in [2.45, 2.75) is 278 Å². The fraction of sp³-hybridized carbons (Fsp3) is 0.940. The van der Waals surface area contributed by atoms with E-state index in [1.807, 2.05) is 0 Å². The van der Waals surface area contributed by atoms with Crippen molar-refractivity contribution < 1.29 is 28.6 Å². The number of hydrogen-bond acceptors (Lipinski definition) is 6. The molecule has 0 spiro atoms. The summed E-state index contributed by atoms with van der Waals surface area (Å²) in [5, 5.41) is 0. The summed E-state index contributed by atoms with van der Waals surface area (Å²) in [5.74, 6) is 0.747. The van der Waals surface area contributed by atoms with Gasteiger partial charge in [-0.25, -0.2) is 0 Å². The Balaban J connectivity index is 4.28. The molecule has 0 amide bonds. The van der Waals surface area contributed by atoms with Gasteiger partial charge in [0.2, 0.25) is 0 Å². The molecule has 0 aromatic rings. The van der Waals surface area contributed by atoms with Crippen molar-refractivity contribution in [2.24, 2.45) is 11.8 Å². The summed E-state index contributed by atoms with van der Waals surface area (Å²) in [7, 11) is 0. The number of carbonyl (C=O) groups is 3. The van der Waals surface area contributed by atoms with Crippen LogP contribution in [0.5, 0.6) is 0 Å². The second-order valence-corrected chi connectivity index (χ2v) is 18.1. The molecule has 6 nitrogen and oxygen atoms in total. The molecule has 6 heteroatoms. The van der Waals surface area contributed by atoms with Crippen LogP contribution in [0.4, 0.5) is 0 Å². The number of ether oxygens (including phenoxy) is 3. The third-order valence-corrected chi connectivity index (χ3v) is 11.2. The molecule has 56 heavy (non-hydrogen) atoms. The van der Waals surface area contributed by atoms with Crippen LogP contribution in [0.25, 0.3) is 0 Å². The zero-order valence-electron chi connectivity index (χ0n) is 38.3. The predicted molar refractivity (Wildman–Crippen MR) is 238 cm³/mol. The minimum atomic E-state index is -0.761. The monoisotopic (exact) mass is 793 g/mol. The smallest absolute Gasteiger partial charge is 0.306 e. The lowest BCUT2D eigenvalue weighted by molar-refractivity contribution is -0.167. The Bertz CT molecular complexity index is 854. The molecule has 332 valence electrons. The molecule has 0 aliphatic heterocycles. The highest BCUT2D eigenvalue weighted by Crippen LogP contribution is 2.17. The number of hydrogen-bond donors (Lipinski definition) is 0. The van der Waals surface area contributed by atoms with Crippen molar-refractivity contribution in [1.29, 1.82) is 0 Å². The lowest BCUT2D eigenvalue weighted by Crippen LogP contribution is -2.30. The van der Waals surface area contributed by atoms with Crippen LogP contribution in [0.2, 0.25) is 0 Å². The van der Waals surface area contributed by atoms with Gasteiger partial charge in [0, 0.05) is 19.3 Å². The summed E-state index contributed by atoms with van der Waals surface area (Å²) in [4.78, 5) is 37.8. The first-order valence-corrected chi connectivity index (χ1v) is 24.7. The molecular weight excluding hydrogens is 697 g/mol. The fourth-order valence-electron chi connectivity index (χ4n) is 7.46. The van der Waals surface area contributed by atoms with Gasteiger partial charge in [-0.1, -0.05) is 234 Å². The van der Waals surface area contributed by atoms with Crippen LogP contribution in [0.1, 0.15) is 272 Å². The first kappa shape index (κ1) is 54.4. The highest BCUT2D eigenvalue weighted by Gasteiger charge is 2.19. The van der Waals surface area contributed by atoms with Crippen molar-refractivity contribution in [1.82, 2.24) is 0 Å². The van der Waals surface area contributed by atoms with Crippen LogP contribution in [-0.2, 0) is 28.6 Å². The Morgan fingerprint density at radius 1 is 0.339 bits per heavy atom. The standard InChI is InChI=1S/C50H96O6/c1-6-7-8-9-10-11-12-14-19-22-25-32-37-42-50(53)56-47(44-55-49(52)41-36-31-27-26-29-34-39-46(4)5)43-54-48(51)40-35-30-24-21-18-16-13-15-17-20-23-28-33-38-45(2)3/h45-47H,6-44H2,1-5H3/t47-/m1/s1. The van der Waals surface area contributed by atoms with Gasteiger partial charge in [0.25, 0.3) is 0 Å². The average Bonchev–Trinajstić information content (AvgIpc) is 3.16. The number of carbonyl (C=O) groups excluding carboxylic acids is 3. The van der Waals surface area contributed by atoms with Crippen LogP contribution in [0, 0.1) is 11.8 Å². The van der Waals surface area contributed by atoms with Gasteiger partial charge in [0.05, 0.1) is 0 Å². The van der Waals surface area contributed by atoms with E-state index in [2.05, 4.69) is 34.6 Å². The Morgan fingerprint density at radius 3 is 0.875 bits per heavy atom. The average molecular weight is 793 g/mol. The summed E-state index contributed by atoms with van der Waals surface area (Å²) in [5.41, 5.74) is 0. The first-order valence-electron chi connectivity index (χ1n) is 24.7. The van der Waals surface area contributed by atoms with Crippen molar-refractivity contribution in [3.05, 3.63) is 0 Å². The second-order valence-electron chi connectivity index (χ2n) is 18.1. The highest BCUT2D eigenvalue weighted by atomic mass is 16.6. The van der Waals surface area contributed by atoms with Crippen LogP contribution in [0.3, 0.4) is 0 Å². The van der Waals surface area contributed by atoms with E-state index in [9.17, 15) is 14.4 Å². The molecule has 0 unspecified atom stereocenters. The molecule has 0 aliphatic rings. The van der Waals surface area contributed by atoms with Crippen LogP contribution in [-0.4, -0.2) is 37.2 Å². The minimum Gasteiger partial charge on any atom is -0.462 e. The molecule has 0 rings (SSSR count). The summed E-state index contributed by atoms with van der Waals surface area (Å²) in [6, 6.07) is 0. The molecule has 0 N–H and O–H groups in total. The molecule has 0 aliphatic carbocycles. The van der Waals surface area contributed by atoms with Gasteiger partial charge in [-0.2, -0.15) is 0 Å². The van der Waals surface area contributed by atoms with E-state index in [1.165, 1.54) is 161 Å². The summed E-state index contributed by atoms with van der Waals surface area (Å²) in [6.07, 6.45) is 42.4. The molecule has 0 aromatic heterocycles. The maximum absolute atomic E-state index is 12.7. The molecule has 0 fully saturated rings. The summed E-state index contributed by atoms with van der Waals surface area (Å²) >= 11 is 0. The van der Waals surface area contributed by atoms with Gasteiger partial charge in [0.15, 0.2) is 6.10 Å². The molecule has 0 saturated carbocycles. The number of esters is 3. The van der Waals surface area contributed by atoms with Crippen molar-refractivity contribution >= 4 is 17.9 Å². The zero-order valence-corrected chi connectivity index (χ0v) is 38.3. The van der Waals surface area contributed by atoms with Gasteiger partial charge in [-0.3, -0.25) is 14.4 Å². The van der Waals surface area contributed by atoms with E-state index in [4.69, 9.17) is 14.2 Å². The Kier molecular flexibility index (Phi) is 41.8. The topological polar surface area (TPSA) is 78.9 Å². The first-order chi connectivity index (χ1) is 27.2. The Hall–Kier alpha value is -1.59. The normalized spacial score (nSPS) is 12.1. The molecular formula is C50H96O6. The largest absolute Gasteiger partial charge is 0.462 e. The quantitative estimate of drug-likeness (QED) is 0.0347. The van der Waals surface area contributed by atoms with E-state index in [0.717, 1.165) is 69.6 Å². The van der Waals surface area contributed by atoms with E-state index < -0.39 is 6.10 Å². The predicted octanol–water partition coefficient (Wildman–Crippen LogP) is 15.8. The van der Waals surface area contributed by atoms with Crippen LogP contribution in [0.15, 0.2) is 0 Å². The third kappa shape index (κ3) is 43.5. The summed E-state index contributed by atoms with van der Waals surface area (Å²) < 4.78 is 16.7. The molecule has 1 atom stereocenters. The minimum absolute atomic E-state index is 0.0647. The van der Waals surface area contributed by atoms with Crippen LogP contribution < -0.4 is 0 Å². The maximum Gasteiger partial charge on any atom is 0.306 e. The molecule has 0 bridgehead atoms. The summed E-state index contributed by atoms with van der Waals surface area (Å²) in [6.45, 7) is 11.3. The zero-order chi connectivity index (χ0) is 41.2. The van der Waals surface area contributed by atoms with Crippen molar-refractivity contribution in [2.75, 3.05) is 13.2 Å². The van der Waals surface area contributed by atoms with Gasteiger partial charge < -0.3 is 14.2 Å². The van der Waals surface area contributed by atoms with Gasteiger partial charge >= 0.3 is 17.9 Å². The van der Waals surface area contributed by atoms with E-state index >= 15 is 0 Å². The molecule has 0 aromatic carbocycles. The maximum atomic E-state index is 12.7. The van der Waals surface area contributed by atoms with E-state index in [-0.39, 0.29) is 31.1 Å². The lowest BCUT2D eigenvalue weighted by atomic mass is 10.0. The van der Waals surface area contributed by atoms with Crippen LogP contribution >= 0.6 is 0 Å². The SMILES string of the molecule is CCCCCCCCCCCCCCCC(=O)O[C@H](COC(=O)CCCCCCCCCCCCCCCC(C)C)COC(=O)CCCCCCCCC(C)C. The fourth-order valence-corrected chi connectivity index (χ4v) is 7.46. The van der Waals surface area contributed by atoms with Crippen molar-refractivity contribution in [3.63, 3.8) is 0 Å². The van der Waals surface area contributed by atoms with Gasteiger partial charge in [-0.05, 0) is 31.1 Å². The third-order valence-electron chi connectivity index (χ3n) is 11.2. The second kappa shape index (κ2) is 43.0. The molecule has 0 saturated heterocycles. The molecule has 0 radical (unpaired) electrons. The highest BCUT2D eigenvalue weighted by molar-refractivity contribution is 5.71. The van der Waals surface area contributed by atoms with Gasteiger partial charge in [-0.15, -0.1) is 0 Å². The Morgan fingerprint density at radius 2 is 0.589 bits per heavy atom. The number of unbranched alkanes of at least 4 members (excludes halogenated alkanes) is 29. The van der Waals surface area contributed by atoms with E-state index in [0.29, 0.717) is 19.3 Å². The van der Waals surface area contributed by atoms with Crippen molar-refractivity contribution in [3.8, 4) is 0 Å². The lowest BCUT2D eigenvalue weighted by Gasteiger charge is -2.18. The van der Waals surface area contributed by atoms with E-state index in [1.54, 1.807) is 0 Å².